The first kappa shape index (κ1) is 11.8. The molecule has 2 aromatic rings. The highest BCUT2D eigenvalue weighted by Crippen LogP contribution is 2.24. The Kier molecular flexibility index (Phi) is 3.46. The summed E-state index contributed by atoms with van der Waals surface area (Å²) >= 11 is 0. The van der Waals surface area contributed by atoms with Crippen molar-refractivity contribution in [1.82, 2.24) is 0 Å². The SMILES string of the molecule is C1=CC(c2ccc(Nc3ccccc3)cc2)=CCC1.[HH]. The van der Waals surface area contributed by atoms with E-state index in [1.54, 1.807) is 0 Å². The molecule has 0 aliphatic heterocycles. The molecular formula is C18H19N. The summed E-state index contributed by atoms with van der Waals surface area (Å²) < 4.78 is 0. The van der Waals surface area contributed by atoms with Crippen molar-refractivity contribution >= 4 is 16.9 Å². The molecule has 1 aliphatic carbocycles. The Hall–Kier alpha value is -2.28. The van der Waals surface area contributed by atoms with Crippen molar-refractivity contribution in [3.05, 3.63) is 78.4 Å². The van der Waals surface area contributed by atoms with Crippen molar-refractivity contribution in [1.29, 1.82) is 0 Å². The van der Waals surface area contributed by atoms with Gasteiger partial charge in [0.05, 0.1) is 0 Å². The number of hydrogen-bond acceptors (Lipinski definition) is 1. The van der Waals surface area contributed by atoms with Gasteiger partial charge in [0.15, 0.2) is 0 Å². The molecule has 0 bridgehead atoms. The van der Waals surface area contributed by atoms with Crippen LogP contribution < -0.4 is 5.32 Å². The Labute approximate surface area is 115 Å². The van der Waals surface area contributed by atoms with Gasteiger partial charge in [0, 0.05) is 12.8 Å². The Bertz CT molecular complexity index is 597. The summed E-state index contributed by atoms with van der Waals surface area (Å²) in [6.07, 6.45) is 9.07. The van der Waals surface area contributed by atoms with E-state index in [-0.39, 0.29) is 1.43 Å². The minimum atomic E-state index is 0. The van der Waals surface area contributed by atoms with E-state index < -0.39 is 0 Å². The maximum Gasteiger partial charge on any atom is 0.0384 e. The fraction of sp³-hybridized carbons (Fsp3) is 0.111. The summed E-state index contributed by atoms with van der Waals surface area (Å²) in [5.74, 6) is 0. The Morgan fingerprint density at radius 1 is 0.789 bits per heavy atom. The molecule has 2 aromatic carbocycles. The van der Waals surface area contributed by atoms with Crippen LogP contribution >= 0.6 is 0 Å². The van der Waals surface area contributed by atoms with Crippen LogP contribution in [0, 0.1) is 0 Å². The fourth-order valence-corrected chi connectivity index (χ4v) is 2.26. The summed E-state index contributed by atoms with van der Waals surface area (Å²) in [5.41, 5.74) is 4.86. The van der Waals surface area contributed by atoms with E-state index in [1.807, 2.05) is 18.2 Å². The first-order valence-electron chi connectivity index (χ1n) is 6.71. The third-order valence-electron chi connectivity index (χ3n) is 3.28. The molecule has 0 saturated carbocycles. The maximum absolute atomic E-state index is 3.40. The zero-order chi connectivity index (χ0) is 12.9. The molecule has 1 N–H and O–H groups in total. The largest absolute Gasteiger partial charge is 0.356 e. The van der Waals surface area contributed by atoms with Gasteiger partial charge in [-0.15, -0.1) is 0 Å². The zero-order valence-corrected chi connectivity index (χ0v) is 10.8. The first-order valence-corrected chi connectivity index (χ1v) is 6.71. The molecular weight excluding hydrogens is 230 g/mol. The van der Waals surface area contributed by atoms with Crippen LogP contribution in [0.25, 0.3) is 5.57 Å². The predicted octanol–water partition coefficient (Wildman–Crippen LogP) is 5.41. The summed E-state index contributed by atoms with van der Waals surface area (Å²) in [6.45, 7) is 0. The summed E-state index contributed by atoms with van der Waals surface area (Å²) in [4.78, 5) is 0. The van der Waals surface area contributed by atoms with E-state index in [9.17, 15) is 0 Å². The minimum Gasteiger partial charge on any atom is -0.356 e. The molecule has 0 spiro atoms. The van der Waals surface area contributed by atoms with Gasteiger partial charge in [-0.1, -0.05) is 48.6 Å². The molecule has 96 valence electrons. The van der Waals surface area contributed by atoms with Gasteiger partial charge in [0.1, 0.15) is 0 Å². The number of rotatable bonds is 3. The van der Waals surface area contributed by atoms with Crippen molar-refractivity contribution in [3.8, 4) is 0 Å². The van der Waals surface area contributed by atoms with Gasteiger partial charge in [0.25, 0.3) is 0 Å². The standard InChI is InChI=1S/C18H17N.H2/c1-3-7-15(8-4-1)16-11-13-18(14-12-16)19-17-9-5-2-6-10-17;/h2-3,5-14,19H,1,4H2;1H. The number of benzene rings is 2. The van der Waals surface area contributed by atoms with Crippen LogP contribution in [0.4, 0.5) is 11.4 Å². The second-order valence-electron chi connectivity index (χ2n) is 4.71. The van der Waals surface area contributed by atoms with E-state index in [0.717, 1.165) is 24.2 Å². The lowest BCUT2D eigenvalue weighted by atomic mass is 9.99. The lowest BCUT2D eigenvalue weighted by Crippen LogP contribution is -1.91. The molecule has 0 heterocycles. The molecule has 0 saturated heterocycles. The van der Waals surface area contributed by atoms with Crippen LogP contribution in [-0.2, 0) is 0 Å². The molecule has 1 aliphatic rings. The Morgan fingerprint density at radius 3 is 2.21 bits per heavy atom. The quantitative estimate of drug-likeness (QED) is 0.767. The van der Waals surface area contributed by atoms with Crippen LogP contribution in [0.15, 0.2) is 72.8 Å². The van der Waals surface area contributed by atoms with Crippen molar-refractivity contribution < 1.29 is 1.43 Å². The molecule has 19 heavy (non-hydrogen) atoms. The van der Waals surface area contributed by atoms with Crippen molar-refractivity contribution in [2.75, 3.05) is 5.32 Å². The predicted molar refractivity (Wildman–Crippen MR) is 84.6 cm³/mol. The first-order chi connectivity index (χ1) is 9.42. The highest BCUT2D eigenvalue weighted by Gasteiger charge is 2.01. The number of para-hydroxylation sites is 1. The van der Waals surface area contributed by atoms with Crippen LogP contribution in [0.3, 0.4) is 0 Å². The molecule has 0 fully saturated rings. The van der Waals surface area contributed by atoms with Crippen LogP contribution in [0.2, 0.25) is 0 Å². The number of hydrogen-bond donors (Lipinski definition) is 1. The van der Waals surface area contributed by atoms with Gasteiger partial charge in [0.2, 0.25) is 0 Å². The van der Waals surface area contributed by atoms with Crippen molar-refractivity contribution in [2.45, 2.75) is 12.8 Å². The third-order valence-corrected chi connectivity index (χ3v) is 3.28. The van der Waals surface area contributed by atoms with E-state index in [4.69, 9.17) is 0 Å². The molecule has 0 aromatic heterocycles. The summed E-state index contributed by atoms with van der Waals surface area (Å²) in [6, 6.07) is 18.8. The van der Waals surface area contributed by atoms with E-state index >= 15 is 0 Å². The highest BCUT2D eigenvalue weighted by atomic mass is 14.9. The van der Waals surface area contributed by atoms with E-state index in [0.29, 0.717) is 0 Å². The molecule has 0 radical (unpaired) electrons. The molecule has 1 heteroatoms. The molecule has 3 rings (SSSR count). The van der Waals surface area contributed by atoms with Gasteiger partial charge >= 0.3 is 0 Å². The molecule has 0 atom stereocenters. The van der Waals surface area contributed by atoms with Gasteiger partial charge in [-0.05, 0) is 48.2 Å². The van der Waals surface area contributed by atoms with E-state index in [1.165, 1.54) is 11.1 Å². The van der Waals surface area contributed by atoms with Crippen LogP contribution in [0.5, 0.6) is 0 Å². The number of allylic oxidation sites excluding steroid dienone is 4. The summed E-state index contributed by atoms with van der Waals surface area (Å²) in [7, 11) is 0. The lowest BCUT2D eigenvalue weighted by molar-refractivity contribution is 1.04. The molecule has 0 unspecified atom stereocenters. The molecule has 1 nitrogen and oxygen atoms in total. The van der Waals surface area contributed by atoms with Gasteiger partial charge < -0.3 is 5.32 Å². The Morgan fingerprint density at radius 2 is 1.53 bits per heavy atom. The average molecular weight is 249 g/mol. The maximum atomic E-state index is 3.40. The second-order valence-corrected chi connectivity index (χ2v) is 4.71. The highest BCUT2D eigenvalue weighted by molar-refractivity contribution is 5.76. The zero-order valence-electron chi connectivity index (χ0n) is 10.8. The van der Waals surface area contributed by atoms with Crippen molar-refractivity contribution in [3.63, 3.8) is 0 Å². The van der Waals surface area contributed by atoms with Gasteiger partial charge in [-0.25, -0.2) is 0 Å². The minimum absolute atomic E-state index is 0. The average Bonchev–Trinajstić information content (AvgIpc) is 2.50. The monoisotopic (exact) mass is 249 g/mol. The Balaban J connectivity index is 0.00000147. The van der Waals surface area contributed by atoms with Gasteiger partial charge in [-0.2, -0.15) is 0 Å². The number of anilines is 2. The van der Waals surface area contributed by atoms with E-state index in [2.05, 4.69) is 59.9 Å². The van der Waals surface area contributed by atoms with Crippen LogP contribution in [0.1, 0.15) is 19.8 Å². The normalized spacial score (nSPS) is 14.0. The van der Waals surface area contributed by atoms with Crippen LogP contribution in [-0.4, -0.2) is 0 Å². The third kappa shape index (κ3) is 2.94. The lowest BCUT2D eigenvalue weighted by Gasteiger charge is -2.10. The molecule has 0 amide bonds. The van der Waals surface area contributed by atoms with Gasteiger partial charge in [-0.3, -0.25) is 0 Å². The fourth-order valence-electron chi connectivity index (χ4n) is 2.26. The second kappa shape index (κ2) is 5.57. The van der Waals surface area contributed by atoms with Crippen molar-refractivity contribution in [2.24, 2.45) is 0 Å². The smallest absolute Gasteiger partial charge is 0.0384 e. The summed E-state index contributed by atoms with van der Waals surface area (Å²) in [5, 5.41) is 3.40. The topological polar surface area (TPSA) is 12.0 Å². The number of nitrogens with one attached hydrogen (secondary N) is 1.